The second kappa shape index (κ2) is 6.77. The van der Waals surface area contributed by atoms with Crippen molar-refractivity contribution in [2.75, 3.05) is 23.3 Å². The highest BCUT2D eigenvalue weighted by Gasteiger charge is 2.06. The topological polar surface area (TPSA) is 41.1 Å². The molecule has 6 heteroatoms. The van der Waals surface area contributed by atoms with E-state index in [1.807, 2.05) is 6.07 Å². The second-order valence-corrected chi connectivity index (χ2v) is 5.07. The summed E-state index contributed by atoms with van der Waals surface area (Å²) in [5, 5.41) is 4.35. The maximum absolute atomic E-state index is 5.98. The number of anilines is 3. The third-order valence-electron chi connectivity index (χ3n) is 2.82. The Kier molecular flexibility index (Phi) is 5.04. The Bertz CT molecular complexity index is 565. The van der Waals surface area contributed by atoms with Crippen LogP contribution in [-0.4, -0.2) is 23.1 Å². The first-order valence-corrected chi connectivity index (χ1v) is 7.19. The molecule has 4 nitrogen and oxygen atoms in total. The first-order valence-electron chi connectivity index (χ1n) is 6.43. The van der Waals surface area contributed by atoms with Crippen LogP contribution in [0.5, 0.6) is 0 Å². The number of hydrogen-bond acceptors (Lipinski definition) is 4. The van der Waals surface area contributed by atoms with Crippen molar-refractivity contribution in [1.29, 1.82) is 0 Å². The first-order chi connectivity index (χ1) is 9.62. The van der Waals surface area contributed by atoms with Crippen molar-refractivity contribution in [3.8, 4) is 0 Å². The van der Waals surface area contributed by atoms with E-state index in [1.54, 1.807) is 24.4 Å². The zero-order valence-corrected chi connectivity index (χ0v) is 12.9. The van der Waals surface area contributed by atoms with Crippen LogP contribution in [0.4, 0.5) is 17.5 Å². The summed E-state index contributed by atoms with van der Waals surface area (Å²) in [5.74, 6) is 1.41. The van der Waals surface area contributed by atoms with Gasteiger partial charge in [-0.15, -0.1) is 0 Å². The van der Waals surface area contributed by atoms with Crippen LogP contribution in [0.1, 0.15) is 13.8 Å². The Labute approximate surface area is 128 Å². The number of rotatable bonds is 5. The molecule has 1 heterocycles. The van der Waals surface area contributed by atoms with E-state index >= 15 is 0 Å². The van der Waals surface area contributed by atoms with Gasteiger partial charge in [0.25, 0.3) is 0 Å². The quantitative estimate of drug-likeness (QED) is 0.890. The minimum absolute atomic E-state index is 0.582. The van der Waals surface area contributed by atoms with Crippen LogP contribution in [0, 0.1) is 0 Å². The smallest absolute Gasteiger partial charge is 0.227 e. The van der Waals surface area contributed by atoms with Gasteiger partial charge in [-0.2, -0.15) is 4.98 Å². The molecule has 2 aromatic rings. The molecule has 0 saturated carbocycles. The second-order valence-electron chi connectivity index (χ2n) is 4.20. The summed E-state index contributed by atoms with van der Waals surface area (Å²) in [5.41, 5.74) is 0.798. The van der Waals surface area contributed by atoms with Gasteiger partial charge in [0.1, 0.15) is 5.82 Å². The van der Waals surface area contributed by atoms with Gasteiger partial charge in [-0.1, -0.05) is 23.2 Å². The number of nitrogens with one attached hydrogen (secondary N) is 1. The van der Waals surface area contributed by atoms with Gasteiger partial charge in [0.2, 0.25) is 5.95 Å². The number of nitrogens with zero attached hydrogens (tertiary/aromatic N) is 3. The lowest BCUT2D eigenvalue weighted by atomic mass is 10.3. The fourth-order valence-electron chi connectivity index (χ4n) is 1.85. The molecule has 0 saturated heterocycles. The molecule has 0 spiro atoms. The average Bonchev–Trinajstić information content (AvgIpc) is 2.39. The van der Waals surface area contributed by atoms with Crippen molar-refractivity contribution >= 4 is 40.7 Å². The molecular formula is C14H16Cl2N4. The van der Waals surface area contributed by atoms with Gasteiger partial charge in [-0.25, -0.2) is 4.98 Å². The molecule has 0 amide bonds. The normalized spacial score (nSPS) is 10.4. The summed E-state index contributed by atoms with van der Waals surface area (Å²) in [4.78, 5) is 10.8. The van der Waals surface area contributed by atoms with Crippen LogP contribution in [0.3, 0.4) is 0 Å². The molecule has 106 valence electrons. The van der Waals surface area contributed by atoms with E-state index in [0.717, 1.165) is 18.8 Å². The third-order valence-corrected chi connectivity index (χ3v) is 3.26. The summed E-state index contributed by atoms with van der Waals surface area (Å²) < 4.78 is 0. The zero-order chi connectivity index (χ0) is 14.5. The summed E-state index contributed by atoms with van der Waals surface area (Å²) in [6.45, 7) is 5.87. The fourth-order valence-corrected chi connectivity index (χ4v) is 2.38. The lowest BCUT2D eigenvalue weighted by molar-refractivity contribution is 0.822. The Balaban J connectivity index is 2.23. The molecule has 1 aromatic carbocycles. The molecule has 0 aliphatic rings. The highest BCUT2D eigenvalue weighted by atomic mass is 35.5. The summed E-state index contributed by atoms with van der Waals surface area (Å²) in [7, 11) is 0. The summed E-state index contributed by atoms with van der Waals surface area (Å²) in [6.07, 6.45) is 1.73. The average molecular weight is 311 g/mol. The molecule has 0 aliphatic carbocycles. The van der Waals surface area contributed by atoms with E-state index < -0.39 is 0 Å². The minimum atomic E-state index is 0.582. The van der Waals surface area contributed by atoms with Crippen molar-refractivity contribution in [1.82, 2.24) is 9.97 Å². The van der Waals surface area contributed by atoms with Gasteiger partial charge in [-0.3, -0.25) is 0 Å². The standard InChI is InChI=1S/C14H16Cl2N4/c1-3-20(4-2)14-17-6-5-13(19-14)18-12-8-10(15)7-11(16)9-12/h5-9H,3-4H2,1-2H3,(H,17,18,19). The minimum Gasteiger partial charge on any atom is -0.341 e. The Hall–Kier alpha value is -1.52. The molecule has 0 fully saturated rings. The number of hydrogen-bond donors (Lipinski definition) is 1. The molecular weight excluding hydrogens is 295 g/mol. The monoisotopic (exact) mass is 310 g/mol. The molecule has 0 aliphatic heterocycles. The van der Waals surface area contributed by atoms with E-state index in [-0.39, 0.29) is 0 Å². The number of aromatic nitrogens is 2. The molecule has 0 radical (unpaired) electrons. The van der Waals surface area contributed by atoms with Gasteiger partial charge in [0, 0.05) is 35.0 Å². The predicted octanol–water partition coefficient (Wildman–Crippen LogP) is 4.37. The largest absolute Gasteiger partial charge is 0.341 e. The van der Waals surface area contributed by atoms with Gasteiger partial charge in [-0.05, 0) is 38.1 Å². The van der Waals surface area contributed by atoms with Crippen molar-refractivity contribution < 1.29 is 0 Å². The van der Waals surface area contributed by atoms with Gasteiger partial charge >= 0.3 is 0 Å². The Morgan fingerprint density at radius 3 is 2.35 bits per heavy atom. The maximum atomic E-state index is 5.98. The lowest BCUT2D eigenvalue weighted by Gasteiger charge is -2.18. The van der Waals surface area contributed by atoms with Gasteiger partial charge < -0.3 is 10.2 Å². The number of halogens is 2. The lowest BCUT2D eigenvalue weighted by Crippen LogP contribution is -2.24. The molecule has 0 atom stereocenters. The SMILES string of the molecule is CCN(CC)c1nccc(Nc2cc(Cl)cc(Cl)c2)n1. The first kappa shape index (κ1) is 14.9. The van der Waals surface area contributed by atoms with Gasteiger partial charge in [0.15, 0.2) is 0 Å². The van der Waals surface area contributed by atoms with Crippen molar-refractivity contribution in [3.05, 3.63) is 40.5 Å². The van der Waals surface area contributed by atoms with Crippen LogP contribution in [0.15, 0.2) is 30.5 Å². The summed E-state index contributed by atoms with van der Waals surface area (Å²) >= 11 is 12.0. The zero-order valence-electron chi connectivity index (χ0n) is 11.4. The Morgan fingerprint density at radius 1 is 1.10 bits per heavy atom. The van der Waals surface area contributed by atoms with Crippen LogP contribution in [0.25, 0.3) is 0 Å². The van der Waals surface area contributed by atoms with Crippen molar-refractivity contribution in [2.45, 2.75) is 13.8 Å². The van der Waals surface area contributed by atoms with Crippen molar-refractivity contribution in [2.24, 2.45) is 0 Å². The van der Waals surface area contributed by atoms with Crippen LogP contribution in [0.2, 0.25) is 10.0 Å². The molecule has 1 N–H and O–H groups in total. The van der Waals surface area contributed by atoms with E-state index in [0.29, 0.717) is 21.8 Å². The van der Waals surface area contributed by atoms with Gasteiger partial charge in [0.05, 0.1) is 0 Å². The van der Waals surface area contributed by atoms with Crippen LogP contribution >= 0.6 is 23.2 Å². The van der Waals surface area contributed by atoms with Crippen LogP contribution < -0.4 is 10.2 Å². The highest BCUT2D eigenvalue weighted by Crippen LogP contribution is 2.25. The van der Waals surface area contributed by atoms with Crippen molar-refractivity contribution in [3.63, 3.8) is 0 Å². The highest BCUT2D eigenvalue weighted by molar-refractivity contribution is 6.35. The van der Waals surface area contributed by atoms with E-state index in [2.05, 4.69) is 34.0 Å². The molecule has 0 unspecified atom stereocenters. The van der Waals surface area contributed by atoms with E-state index in [1.165, 1.54) is 0 Å². The third kappa shape index (κ3) is 3.74. The van der Waals surface area contributed by atoms with E-state index in [4.69, 9.17) is 23.2 Å². The molecule has 0 bridgehead atoms. The Morgan fingerprint density at radius 2 is 1.75 bits per heavy atom. The fraction of sp³-hybridized carbons (Fsp3) is 0.286. The molecule has 20 heavy (non-hydrogen) atoms. The molecule has 1 aromatic heterocycles. The number of benzene rings is 1. The van der Waals surface area contributed by atoms with E-state index in [9.17, 15) is 0 Å². The summed E-state index contributed by atoms with van der Waals surface area (Å²) in [6, 6.07) is 7.09. The maximum Gasteiger partial charge on any atom is 0.227 e. The predicted molar refractivity (Wildman–Crippen MR) is 85.3 cm³/mol. The molecule has 2 rings (SSSR count). The van der Waals surface area contributed by atoms with Crippen LogP contribution in [-0.2, 0) is 0 Å².